The molecule has 1 aliphatic heterocycles. The molecule has 2 aliphatic rings. The molecule has 0 unspecified atom stereocenters. The molecule has 1 aromatic rings. The van der Waals surface area contributed by atoms with Gasteiger partial charge in [-0.1, -0.05) is 12.8 Å². The lowest BCUT2D eigenvalue weighted by atomic mass is 9.99. The summed E-state index contributed by atoms with van der Waals surface area (Å²) in [6, 6.07) is 0. The Kier molecular flexibility index (Phi) is 5.41. The van der Waals surface area contributed by atoms with Crippen molar-refractivity contribution in [3.8, 4) is 5.88 Å². The molecule has 122 valence electrons. The molecule has 0 spiro atoms. The van der Waals surface area contributed by atoms with Crippen molar-refractivity contribution >= 4 is 17.5 Å². The van der Waals surface area contributed by atoms with E-state index in [4.69, 9.17) is 9.26 Å². The van der Waals surface area contributed by atoms with Crippen LogP contribution >= 0.6 is 11.8 Å². The van der Waals surface area contributed by atoms with E-state index in [1.807, 2.05) is 0 Å². The maximum atomic E-state index is 11.7. The van der Waals surface area contributed by atoms with Crippen molar-refractivity contribution in [2.24, 2.45) is 5.92 Å². The van der Waals surface area contributed by atoms with Crippen LogP contribution in [0.4, 0.5) is 0 Å². The number of carbonyl (C=O) groups excluding carboxylic acids is 1. The number of nitrogens with one attached hydrogen (secondary N) is 1. The van der Waals surface area contributed by atoms with E-state index >= 15 is 0 Å². The fraction of sp³-hybridized carbons (Fsp3) is 0.750. The summed E-state index contributed by atoms with van der Waals surface area (Å²) in [7, 11) is 0. The van der Waals surface area contributed by atoms with Gasteiger partial charge in [-0.25, -0.2) is 0 Å². The molecule has 0 radical (unpaired) electrons. The second-order valence-electron chi connectivity index (χ2n) is 6.23. The number of ether oxygens (including phenoxy) is 1. The summed E-state index contributed by atoms with van der Waals surface area (Å²) in [6.07, 6.45) is 7.18. The zero-order valence-corrected chi connectivity index (χ0v) is 13.9. The number of carbonyl (C=O) groups is 1. The van der Waals surface area contributed by atoms with E-state index in [9.17, 15) is 4.79 Å². The first-order valence-electron chi connectivity index (χ1n) is 8.25. The summed E-state index contributed by atoms with van der Waals surface area (Å²) < 4.78 is 11.2. The summed E-state index contributed by atoms with van der Waals surface area (Å²) in [4.78, 5) is 12.6. The molecule has 0 bridgehead atoms. The molecule has 1 aromatic heterocycles. The van der Waals surface area contributed by atoms with E-state index in [0.717, 1.165) is 30.8 Å². The molecular formula is C16H24N2O3S. The molecule has 6 heteroatoms. The maximum Gasteiger partial charge on any atom is 0.268 e. The number of nitrogens with zero attached hydrogens (tertiary/aromatic N) is 1. The summed E-state index contributed by atoms with van der Waals surface area (Å²) in [5.41, 5.74) is 0. The van der Waals surface area contributed by atoms with Gasteiger partial charge in [-0.3, -0.25) is 4.79 Å². The molecule has 0 amide bonds. The van der Waals surface area contributed by atoms with Crippen LogP contribution in [0.15, 0.2) is 9.42 Å². The number of Topliss-reactive ketones (excluding diaryl/α,β-unsaturated/α-hetero) is 1. The Labute approximate surface area is 135 Å². The van der Waals surface area contributed by atoms with E-state index in [2.05, 4.69) is 10.5 Å². The summed E-state index contributed by atoms with van der Waals surface area (Å²) in [5.74, 6) is 1.35. The number of ketones is 1. The SMILES string of the molecule is CC(=O)c1onc(OCC2CCNCC2)c1SC1CCCC1. The maximum absolute atomic E-state index is 11.7. The van der Waals surface area contributed by atoms with E-state index in [0.29, 0.717) is 29.4 Å². The van der Waals surface area contributed by atoms with Crippen LogP contribution in [0.25, 0.3) is 0 Å². The molecule has 0 atom stereocenters. The van der Waals surface area contributed by atoms with Crippen molar-refractivity contribution in [3.63, 3.8) is 0 Å². The van der Waals surface area contributed by atoms with Crippen LogP contribution in [0, 0.1) is 5.92 Å². The fourth-order valence-electron chi connectivity index (χ4n) is 3.11. The molecule has 5 nitrogen and oxygen atoms in total. The van der Waals surface area contributed by atoms with Gasteiger partial charge in [0.05, 0.1) is 6.61 Å². The molecule has 1 saturated heterocycles. The fourth-order valence-corrected chi connectivity index (χ4v) is 4.49. The summed E-state index contributed by atoms with van der Waals surface area (Å²) >= 11 is 1.71. The first kappa shape index (κ1) is 15.9. The monoisotopic (exact) mass is 324 g/mol. The van der Waals surface area contributed by atoms with E-state index in [1.165, 1.54) is 32.6 Å². The van der Waals surface area contributed by atoms with Gasteiger partial charge in [0.25, 0.3) is 5.88 Å². The summed E-state index contributed by atoms with van der Waals surface area (Å²) in [5, 5.41) is 7.92. The van der Waals surface area contributed by atoms with Crippen molar-refractivity contribution in [1.29, 1.82) is 0 Å². The topological polar surface area (TPSA) is 64.4 Å². The van der Waals surface area contributed by atoms with Gasteiger partial charge in [-0.05, 0) is 49.8 Å². The van der Waals surface area contributed by atoms with Gasteiger partial charge in [-0.2, -0.15) is 0 Å². The molecule has 22 heavy (non-hydrogen) atoms. The van der Waals surface area contributed by atoms with Crippen LogP contribution in [-0.2, 0) is 0 Å². The Bertz CT molecular complexity index is 505. The van der Waals surface area contributed by atoms with Crippen LogP contribution in [0.2, 0.25) is 0 Å². The first-order valence-corrected chi connectivity index (χ1v) is 9.13. The molecule has 2 fully saturated rings. The predicted molar refractivity (Wildman–Crippen MR) is 85.7 cm³/mol. The van der Waals surface area contributed by atoms with Gasteiger partial charge < -0.3 is 14.6 Å². The highest BCUT2D eigenvalue weighted by atomic mass is 32.2. The van der Waals surface area contributed by atoms with Gasteiger partial charge in [0.2, 0.25) is 5.76 Å². The quantitative estimate of drug-likeness (QED) is 0.810. The number of piperidine rings is 1. The van der Waals surface area contributed by atoms with Gasteiger partial charge >= 0.3 is 0 Å². The zero-order chi connectivity index (χ0) is 15.4. The lowest BCUT2D eigenvalue weighted by Gasteiger charge is -2.22. The van der Waals surface area contributed by atoms with Crippen molar-refractivity contribution in [1.82, 2.24) is 10.5 Å². The van der Waals surface area contributed by atoms with Gasteiger partial charge in [0.15, 0.2) is 5.78 Å². The second-order valence-corrected chi connectivity index (χ2v) is 7.54. The average molecular weight is 324 g/mol. The van der Waals surface area contributed by atoms with Crippen molar-refractivity contribution in [3.05, 3.63) is 5.76 Å². The number of hydrogen-bond donors (Lipinski definition) is 1. The summed E-state index contributed by atoms with van der Waals surface area (Å²) in [6.45, 7) is 4.28. The molecular weight excluding hydrogens is 300 g/mol. The minimum Gasteiger partial charge on any atom is -0.474 e. The van der Waals surface area contributed by atoms with E-state index in [-0.39, 0.29) is 5.78 Å². The van der Waals surface area contributed by atoms with Crippen LogP contribution < -0.4 is 10.1 Å². The third-order valence-electron chi connectivity index (χ3n) is 4.44. The van der Waals surface area contributed by atoms with Crippen LogP contribution in [-0.4, -0.2) is 35.9 Å². The Hall–Kier alpha value is -1.01. The third-order valence-corrected chi connectivity index (χ3v) is 5.84. The number of hydrogen-bond acceptors (Lipinski definition) is 6. The Morgan fingerprint density at radius 2 is 2.05 bits per heavy atom. The van der Waals surface area contributed by atoms with Gasteiger partial charge in [0, 0.05) is 12.2 Å². The molecule has 1 aliphatic carbocycles. The molecule has 2 heterocycles. The van der Waals surface area contributed by atoms with Crippen molar-refractivity contribution in [2.45, 2.75) is 55.6 Å². The van der Waals surface area contributed by atoms with Gasteiger partial charge in [-0.15, -0.1) is 11.8 Å². The van der Waals surface area contributed by atoms with Crippen molar-refractivity contribution in [2.75, 3.05) is 19.7 Å². The zero-order valence-electron chi connectivity index (χ0n) is 13.1. The highest BCUT2D eigenvalue weighted by Crippen LogP contribution is 2.41. The molecule has 0 aromatic carbocycles. The largest absolute Gasteiger partial charge is 0.474 e. The first-order chi connectivity index (χ1) is 10.7. The Morgan fingerprint density at radius 1 is 1.32 bits per heavy atom. The average Bonchev–Trinajstić information content (AvgIpc) is 3.17. The minimum atomic E-state index is -0.0790. The van der Waals surface area contributed by atoms with Crippen molar-refractivity contribution < 1.29 is 14.1 Å². The van der Waals surface area contributed by atoms with Crippen LogP contribution in [0.5, 0.6) is 5.88 Å². The van der Waals surface area contributed by atoms with Crippen LogP contribution in [0.3, 0.4) is 0 Å². The van der Waals surface area contributed by atoms with E-state index in [1.54, 1.807) is 11.8 Å². The smallest absolute Gasteiger partial charge is 0.268 e. The number of aromatic nitrogens is 1. The lowest BCUT2D eigenvalue weighted by molar-refractivity contribution is 0.0974. The molecule has 1 N–H and O–H groups in total. The van der Waals surface area contributed by atoms with Gasteiger partial charge in [0.1, 0.15) is 4.90 Å². The predicted octanol–water partition coefficient (Wildman–Crippen LogP) is 3.29. The Morgan fingerprint density at radius 3 is 2.73 bits per heavy atom. The number of rotatable bonds is 6. The molecule has 3 rings (SSSR count). The lowest BCUT2D eigenvalue weighted by Crippen LogP contribution is -2.30. The van der Waals surface area contributed by atoms with E-state index < -0.39 is 0 Å². The highest BCUT2D eigenvalue weighted by molar-refractivity contribution is 8.00. The Balaban J connectivity index is 1.67. The highest BCUT2D eigenvalue weighted by Gasteiger charge is 2.27. The minimum absolute atomic E-state index is 0.0790. The third kappa shape index (κ3) is 3.84. The second kappa shape index (κ2) is 7.51. The normalized spacial score (nSPS) is 20.4. The standard InChI is InChI=1S/C16H24N2O3S/c1-11(19)14-15(22-13-4-2-3-5-13)16(18-21-14)20-10-12-6-8-17-9-7-12/h12-13,17H,2-10H2,1H3. The molecule has 1 saturated carbocycles. The van der Waals surface area contributed by atoms with Crippen LogP contribution in [0.1, 0.15) is 56.0 Å². The number of thioether (sulfide) groups is 1.